The van der Waals surface area contributed by atoms with E-state index in [2.05, 4.69) is 21.2 Å². The number of benzene rings is 1. The molecule has 0 saturated heterocycles. The van der Waals surface area contributed by atoms with Crippen molar-refractivity contribution >= 4 is 39.0 Å². The topological polar surface area (TPSA) is 49.4 Å². The van der Waals surface area contributed by atoms with E-state index in [4.69, 9.17) is 0 Å². The number of anilines is 2. The lowest BCUT2D eigenvalue weighted by Gasteiger charge is -2.34. The molecule has 5 heteroatoms. The number of hydrogen-bond donors (Lipinski definition) is 1. The van der Waals surface area contributed by atoms with Gasteiger partial charge in [-0.25, -0.2) is 0 Å². The Labute approximate surface area is 114 Å². The summed E-state index contributed by atoms with van der Waals surface area (Å²) in [4.78, 5) is 25.1. The molecule has 0 saturated carbocycles. The van der Waals surface area contributed by atoms with Crippen LogP contribution < -0.4 is 10.2 Å². The molecule has 1 heterocycles. The van der Waals surface area contributed by atoms with E-state index >= 15 is 0 Å². The van der Waals surface area contributed by atoms with Crippen LogP contribution in [0.15, 0.2) is 22.7 Å². The number of rotatable bonds is 3. The fourth-order valence-corrected chi connectivity index (χ4v) is 2.44. The average Bonchev–Trinajstić information content (AvgIpc) is 2.31. The summed E-state index contributed by atoms with van der Waals surface area (Å²) < 4.78 is 0.945. The number of nitrogens with zero attached hydrogens (tertiary/aromatic N) is 1. The zero-order valence-corrected chi connectivity index (χ0v) is 12.0. The minimum absolute atomic E-state index is 0.0195. The Kier molecular flexibility index (Phi) is 3.71. The van der Waals surface area contributed by atoms with Crippen molar-refractivity contribution in [1.82, 2.24) is 0 Å². The molecule has 96 valence electrons. The molecule has 1 aromatic rings. The lowest BCUT2D eigenvalue weighted by Crippen LogP contribution is -2.48. The molecule has 1 atom stereocenters. The molecule has 0 fully saturated rings. The Balaban J connectivity index is 2.44. The molecular weight excluding hydrogens is 296 g/mol. The summed E-state index contributed by atoms with van der Waals surface area (Å²) >= 11 is 3.41. The first kappa shape index (κ1) is 13.1. The van der Waals surface area contributed by atoms with Crippen LogP contribution in [0.2, 0.25) is 0 Å². The zero-order valence-electron chi connectivity index (χ0n) is 10.4. The van der Waals surface area contributed by atoms with Gasteiger partial charge in [0.05, 0.1) is 17.9 Å². The first-order valence-corrected chi connectivity index (χ1v) is 6.69. The first-order chi connectivity index (χ1) is 8.52. The Morgan fingerprint density at radius 2 is 2.22 bits per heavy atom. The number of nitrogens with one attached hydrogen (secondary N) is 1. The molecule has 1 unspecified atom stereocenters. The van der Waals surface area contributed by atoms with E-state index in [0.717, 1.165) is 15.8 Å². The van der Waals surface area contributed by atoms with E-state index in [9.17, 15) is 9.59 Å². The number of hydrogen-bond acceptors (Lipinski definition) is 3. The zero-order chi connectivity index (χ0) is 13.3. The molecule has 0 bridgehead atoms. The highest BCUT2D eigenvalue weighted by Gasteiger charge is 2.31. The van der Waals surface area contributed by atoms with Gasteiger partial charge in [-0.05, 0) is 31.5 Å². The molecule has 0 spiro atoms. The largest absolute Gasteiger partial charge is 0.372 e. The van der Waals surface area contributed by atoms with Gasteiger partial charge in [0.2, 0.25) is 5.91 Å². The molecule has 1 aliphatic heterocycles. The minimum Gasteiger partial charge on any atom is -0.372 e. The predicted molar refractivity (Wildman–Crippen MR) is 74.9 cm³/mol. The van der Waals surface area contributed by atoms with Crippen LogP contribution in [-0.2, 0) is 9.59 Å². The van der Waals surface area contributed by atoms with Crippen molar-refractivity contribution in [3.8, 4) is 0 Å². The molecule has 4 nitrogen and oxygen atoms in total. The summed E-state index contributed by atoms with van der Waals surface area (Å²) in [5.41, 5.74) is 1.65. The molecule has 18 heavy (non-hydrogen) atoms. The van der Waals surface area contributed by atoms with Crippen molar-refractivity contribution in [2.45, 2.75) is 26.3 Å². The van der Waals surface area contributed by atoms with E-state index in [1.54, 1.807) is 4.90 Å². The summed E-state index contributed by atoms with van der Waals surface area (Å²) in [6, 6.07) is 5.38. The Hall–Kier alpha value is -1.36. The summed E-state index contributed by atoms with van der Waals surface area (Å²) in [7, 11) is 0. The first-order valence-electron chi connectivity index (χ1n) is 5.89. The van der Waals surface area contributed by atoms with E-state index in [1.165, 1.54) is 6.92 Å². The third kappa shape index (κ3) is 2.41. The van der Waals surface area contributed by atoms with Gasteiger partial charge in [-0.3, -0.25) is 9.59 Å². The third-order valence-electron chi connectivity index (χ3n) is 2.93. The smallest absolute Gasteiger partial charge is 0.249 e. The number of Topliss-reactive ketones (excluding diaryl/α,β-unsaturated/α-hetero) is 1. The highest BCUT2D eigenvalue weighted by Crippen LogP contribution is 2.34. The third-order valence-corrected chi connectivity index (χ3v) is 3.43. The van der Waals surface area contributed by atoms with Crippen molar-refractivity contribution in [3.05, 3.63) is 22.7 Å². The normalized spacial score (nSPS) is 18.3. The van der Waals surface area contributed by atoms with Gasteiger partial charge in [-0.1, -0.05) is 22.9 Å². The van der Waals surface area contributed by atoms with Gasteiger partial charge < -0.3 is 10.2 Å². The van der Waals surface area contributed by atoms with Gasteiger partial charge in [0.1, 0.15) is 11.8 Å². The van der Waals surface area contributed by atoms with Crippen molar-refractivity contribution < 1.29 is 9.59 Å². The van der Waals surface area contributed by atoms with Crippen LogP contribution in [0, 0.1) is 0 Å². The van der Waals surface area contributed by atoms with Gasteiger partial charge in [0.25, 0.3) is 0 Å². The number of halogens is 1. The van der Waals surface area contributed by atoms with Crippen LogP contribution in [0.3, 0.4) is 0 Å². The number of carbonyl (C=O) groups excluding carboxylic acids is 2. The SMILES string of the molecule is CCC1Nc2cc(Br)ccc2N(CC(C)=O)C1=O. The van der Waals surface area contributed by atoms with E-state index in [-0.39, 0.29) is 24.3 Å². The van der Waals surface area contributed by atoms with Gasteiger partial charge in [0.15, 0.2) is 0 Å². The number of fused-ring (bicyclic) bond motifs is 1. The summed E-state index contributed by atoms with van der Waals surface area (Å²) in [6.07, 6.45) is 0.694. The van der Waals surface area contributed by atoms with Gasteiger partial charge in [-0.15, -0.1) is 0 Å². The lowest BCUT2D eigenvalue weighted by atomic mass is 10.1. The second kappa shape index (κ2) is 5.10. The molecule has 1 aromatic carbocycles. The fourth-order valence-electron chi connectivity index (χ4n) is 2.08. The maximum absolute atomic E-state index is 12.2. The van der Waals surface area contributed by atoms with Crippen LogP contribution in [0.5, 0.6) is 0 Å². The second-order valence-electron chi connectivity index (χ2n) is 4.39. The number of carbonyl (C=O) groups is 2. The highest BCUT2D eigenvalue weighted by molar-refractivity contribution is 9.10. The molecule has 0 aliphatic carbocycles. The summed E-state index contributed by atoms with van der Waals surface area (Å²) in [5, 5.41) is 3.21. The van der Waals surface area contributed by atoms with Crippen molar-refractivity contribution in [3.63, 3.8) is 0 Å². The van der Waals surface area contributed by atoms with Crippen LogP contribution >= 0.6 is 15.9 Å². The Morgan fingerprint density at radius 3 is 2.83 bits per heavy atom. The Bertz CT molecular complexity index is 502. The molecule has 1 amide bonds. The monoisotopic (exact) mass is 310 g/mol. The molecule has 1 N–H and O–H groups in total. The standard InChI is InChI=1S/C13H15BrN2O2/c1-3-10-13(18)16(7-8(2)17)12-5-4-9(14)6-11(12)15-10/h4-6,10,15H,3,7H2,1-2H3. The van der Waals surface area contributed by atoms with E-state index < -0.39 is 0 Å². The number of amides is 1. The summed E-state index contributed by atoms with van der Waals surface area (Å²) in [5.74, 6) is -0.0588. The van der Waals surface area contributed by atoms with Gasteiger partial charge >= 0.3 is 0 Å². The molecule has 2 rings (SSSR count). The Morgan fingerprint density at radius 1 is 1.50 bits per heavy atom. The molecule has 1 aliphatic rings. The lowest BCUT2D eigenvalue weighted by molar-refractivity contribution is -0.122. The number of ketones is 1. The summed E-state index contributed by atoms with van der Waals surface area (Å²) in [6.45, 7) is 3.57. The van der Waals surface area contributed by atoms with E-state index in [0.29, 0.717) is 6.42 Å². The molecular formula is C13H15BrN2O2. The highest BCUT2D eigenvalue weighted by atomic mass is 79.9. The minimum atomic E-state index is -0.258. The van der Waals surface area contributed by atoms with Crippen LogP contribution in [0.4, 0.5) is 11.4 Å². The van der Waals surface area contributed by atoms with Gasteiger partial charge in [0, 0.05) is 4.47 Å². The maximum atomic E-state index is 12.2. The molecule has 0 radical (unpaired) electrons. The van der Waals surface area contributed by atoms with Crippen molar-refractivity contribution in [2.75, 3.05) is 16.8 Å². The van der Waals surface area contributed by atoms with Crippen LogP contribution in [-0.4, -0.2) is 24.3 Å². The van der Waals surface area contributed by atoms with Crippen LogP contribution in [0.1, 0.15) is 20.3 Å². The van der Waals surface area contributed by atoms with Crippen LogP contribution in [0.25, 0.3) is 0 Å². The molecule has 0 aromatic heterocycles. The average molecular weight is 311 g/mol. The fraction of sp³-hybridized carbons (Fsp3) is 0.385. The van der Waals surface area contributed by atoms with E-state index in [1.807, 2.05) is 25.1 Å². The second-order valence-corrected chi connectivity index (χ2v) is 5.31. The predicted octanol–water partition coefficient (Wildman–Crippen LogP) is 2.58. The van der Waals surface area contributed by atoms with Crippen molar-refractivity contribution in [1.29, 1.82) is 0 Å². The maximum Gasteiger partial charge on any atom is 0.249 e. The quantitative estimate of drug-likeness (QED) is 0.933. The van der Waals surface area contributed by atoms with Gasteiger partial charge in [-0.2, -0.15) is 0 Å². The van der Waals surface area contributed by atoms with Crippen molar-refractivity contribution in [2.24, 2.45) is 0 Å².